The Balaban J connectivity index is 3.15. The number of hydrogen-bond acceptors (Lipinski definition) is 0. The smallest absolute Gasteiger partial charge is 0.0824 e. The number of rotatable bonds is 1. The third-order valence-corrected chi connectivity index (χ3v) is 0.816. The average Bonchev–Trinajstić information content (AvgIpc) is 1.30. The van der Waals surface area contributed by atoms with Crippen molar-refractivity contribution >= 4 is 7.28 Å². The maximum Gasteiger partial charge on any atom is 0.116 e. The molecule has 0 aliphatic heterocycles. The zero-order chi connectivity index (χ0) is 5.91. The van der Waals surface area contributed by atoms with Gasteiger partial charge in [-0.3, -0.25) is 0 Å². The second-order valence-corrected chi connectivity index (χ2v) is 2.98. The lowest BCUT2D eigenvalue weighted by Crippen LogP contribution is -2.05. The summed E-state index contributed by atoms with van der Waals surface area (Å²) in [7, 11) is 2.31. The van der Waals surface area contributed by atoms with Gasteiger partial charge in [-0.2, -0.15) is 0 Å². The predicted molar refractivity (Wildman–Crippen MR) is 35.9 cm³/mol. The van der Waals surface area contributed by atoms with Crippen molar-refractivity contribution in [2.75, 3.05) is 0 Å². The Bertz CT molecular complexity index is 42.6. The summed E-state index contributed by atoms with van der Waals surface area (Å²) in [5.74, 6) is 0. The molecule has 41 valence electrons. The van der Waals surface area contributed by atoms with Crippen LogP contribution in [0.2, 0.25) is 11.6 Å². The lowest BCUT2D eigenvalue weighted by Gasteiger charge is -2.13. The molecule has 0 atom stereocenters. The molecule has 0 nitrogen and oxygen atoms in total. The first-order valence-electron chi connectivity index (χ1n) is 2.90. The van der Waals surface area contributed by atoms with Gasteiger partial charge in [-0.25, -0.2) is 0 Å². The van der Waals surface area contributed by atoms with Gasteiger partial charge in [0.1, 0.15) is 7.28 Å². The molecule has 0 unspecified atom stereocenters. The molecule has 0 bridgehead atoms. The normalized spacial score (nSPS) is 11.4. The van der Waals surface area contributed by atoms with Gasteiger partial charge < -0.3 is 0 Å². The summed E-state index contributed by atoms with van der Waals surface area (Å²) < 4.78 is 0. The van der Waals surface area contributed by atoms with E-state index in [2.05, 4.69) is 35.0 Å². The van der Waals surface area contributed by atoms with Crippen molar-refractivity contribution in [1.82, 2.24) is 0 Å². The van der Waals surface area contributed by atoms with Crippen LogP contribution in [-0.4, -0.2) is 7.28 Å². The van der Waals surface area contributed by atoms with Crippen LogP contribution in [0.5, 0.6) is 0 Å². The summed E-state index contributed by atoms with van der Waals surface area (Å²) in [5, 5.41) is 0.425. The Morgan fingerprint density at radius 2 is 1.71 bits per heavy atom. The maximum atomic E-state index is 2.31. The van der Waals surface area contributed by atoms with Gasteiger partial charge in [0, 0.05) is 0 Å². The molecule has 0 N–H and O–H groups in total. The van der Waals surface area contributed by atoms with Crippen LogP contribution in [0.25, 0.3) is 0 Å². The Hall–Kier alpha value is 0.0649. The first-order valence-corrected chi connectivity index (χ1v) is 2.90. The molecule has 0 aliphatic rings. The minimum atomic E-state index is 0.425. The quantitative estimate of drug-likeness (QED) is 0.440. The first-order chi connectivity index (χ1) is 3.06. The summed E-state index contributed by atoms with van der Waals surface area (Å²) in [6, 6.07) is 0. The lowest BCUT2D eigenvalue weighted by atomic mass is 9.54. The highest BCUT2D eigenvalue weighted by Crippen LogP contribution is 2.20. The fourth-order valence-electron chi connectivity index (χ4n) is 0.612. The van der Waals surface area contributed by atoms with Crippen molar-refractivity contribution in [2.24, 2.45) is 0 Å². The topological polar surface area (TPSA) is 0 Å². The highest BCUT2D eigenvalue weighted by atomic mass is 14.0. The van der Waals surface area contributed by atoms with Crippen LogP contribution in [0.1, 0.15) is 27.7 Å². The third kappa shape index (κ3) is 6.06. The van der Waals surface area contributed by atoms with Gasteiger partial charge in [-0.05, 0) is 0 Å². The maximum absolute atomic E-state index is 2.31. The summed E-state index contributed by atoms with van der Waals surface area (Å²) >= 11 is 0. The van der Waals surface area contributed by atoms with Gasteiger partial charge in [-0.15, -0.1) is 0 Å². The van der Waals surface area contributed by atoms with Crippen molar-refractivity contribution < 1.29 is 0 Å². The highest BCUT2D eigenvalue weighted by Gasteiger charge is 2.07. The van der Waals surface area contributed by atoms with Gasteiger partial charge in [0.25, 0.3) is 0 Å². The van der Waals surface area contributed by atoms with Crippen molar-refractivity contribution in [1.29, 1.82) is 0 Å². The SMILES string of the molecule is CC[B]C(C)(C)C. The Morgan fingerprint density at radius 3 is 1.71 bits per heavy atom. The summed E-state index contributed by atoms with van der Waals surface area (Å²) in [6.07, 6.45) is 1.18. The van der Waals surface area contributed by atoms with Gasteiger partial charge in [0.2, 0.25) is 0 Å². The molecule has 0 spiro atoms. The summed E-state index contributed by atoms with van der Waals surface area (Å²) in [4.78, 5) is 0. The summed E-state index contributed by atoms with van der Waals surface area (Å²) in [6.45, 7) is 8.83. The minimum absolute atomic E-state index is 0.425. The zero-order valence-electron chi connectivity index (χ0n) is 5.78. The molecule has 7 heavy (non-hydrogen) atoms. The molecule has 1 heteroatoms. The van der Waals surface area contributed by atoms with Crippen molar-refractivity contribution in [2.45, 2.75) is 39.3 Å². The van der Waals surface area contributed by atoms with Crippen molar-refractivity contribution in [3.8, 4) is 0 Å². The van der Waals surface area contributed by atoms with Crippen LogP contribution < -0.4 is 0 Å². The van der Waals surface area contributed by atoms with E-state index in [1.807, 2.05) is 0 Å². The fourth-order valence-corrected chi connectivity index (χ4v) is 0.612. The molecule has 0 aromatic carbocycles. The van der Waals surface area contributed by atoms with Crippen LogP contribution in [0.3, 0.4) is 0 Å². The fraction of sp³-hybridized carbons (Fsp3) is 1.00. The monoisotopic (exact) mass is 97.1 g/mol. The molecule has 0 aliphatic carbocycles. The highest BCUT2D eigenvalue weighted by molar-refractivity contribution is 6.39. The van der Waals surface area contributed by atoms with E-state index >= 15 is 0 Å². The van der Waals surface area contributed by atoms with Crippen molar-refractivity contribution in [3.05, 3.63) is 0 Å². The largest absolute Gasteiger partial charge is 0.116 e. The molecule has 0 heterocycles. The van der Waals surface area contributed by atoms with E-state index < -0.39 is 0 Å². The van der Waals surface area contributed by atoms with E-state index in [4.69, 9.17) is 0 Å². The second-order valence-electron chi connectivity index (χ2n) is 2.98. The molecule has 0 aromatic rings. The van der Waals surface area contributed by atoms with Crippen LogP contribution in [-0.2, 0) is 0 Å². The molecule has 0 fully saturated rings. The van der Waals surface area contributed by atoms with Crippen LogP contribution >= 0.6 is 0 Å². The molecule has 0 rings (SSSR count). The Morgan fingerprint density at radius 1 is 1.29 bits per heavy atom. The molecule has 0 saturated heterocycles. The van der Waals surface area contributed by atoms with Crippen molar-refractivity contribution in [3.63, 3.8) is 0 Å². The molecule has 0 amide bonds. The van der Waals surface area contributed by atoms with Gasteiger partial charge in [-0.1, -0.05) is 39.3 Å². The van der Waals surface area contributed by atoms with E-state index in [-0.39, 0.29) is 0 Å². The van der Waals surface area contributed by atoms with E-state index in [0.717, 1.165) is 0 Å². The van der Waals surface area contributed by atoms with E-state index in [1.54, 1.807) is 0 Å². The molecule has 0 saturated carbocycles. The summed E-state index contributed by atoms with van der Waals surface area (Å²) in [5.41, 5.74) is 0. The van der Waals surface area contributed by atoms with Gasteiger partial charge in [0.15, 0.2) is 0 Å². The standard InChI is InChI=1S/C6H14B/c1-5-7-6(2,3)4/h5H2,1-4H3. The Labute approximate surface area is 47.6 Å². The van der Waals surface area contributed by atoms with Gasteiger partial charge in [0.05, 0.1) is 0 Å². The molecular formula is C6H14B. The van der Waals surface area contributed by atoms with Crippen LogP contribution in [0.15, 0.2) is 0 Å². The van der Waals surface area contributed by atoms with E-state index in [9.17, 15) is 0 Å². The van der Waals surface area contributed by atoms with Crippen LogP contribution in [0, 0.1) is 0 Å². The second kappa shape index (κ2) is 2.39. The zero-order valence-corrected chi connectivity index (χ0v) is 5.78. The first kappa shape index (κ1) is 7.06. The van der Waals surface area contributed by atoms with E-state index in [1.165, 1.54) is 6.32 Å². The third-order valence-electron chi connectivity index (χ3n) is 0.816. The average molecular weight is 97.0 g/mol. The lowest BCUT2D eigenvalue weighted by molar-refractivity contribution is 0.750. The number of hydrogen-bond donors (Lipinski definition) is 0. The van der Waals surface area contributed by atoms with E-state index in [0.29, 0.717) is 5.31 Å². The van der Waals surface area contributed by atoms with Crippen LogP contribution in [0.4, 0.5) is 0 Å². The molecule has 0 aromatic heterocycles. The molecule has 1 radical (unpaired) electrons. The predicted octanol–water partition coefficient (Wildman–Crippen LogP) is 2.35. The minimum Gasteiger partial charge on any atom is -0.0824 e. The molecular weight excluding hydrogens is 82.9 g/mol. The van der Waals surface area contributed by atoms with Gasteiger partial charge >= 0.3 is 0 Å². The Kier molecular flexibility index (Phi) is 2.41.